The van der Waals surface area contributed by atoms with Crippen molar-refractivity contribution in [2.45, 2.75) is 0 Å². The van der Waals surface area contributed by atoms with Crippen molar-refractivity contribution in [3.63, 3.8) is 0 Å². The first kappa shape index (κ1) is 27.5. The number of hydrogen-bond donors (Lipinski definition) is 0. The highest BCUT2D eigenvalue weighted by molar-refractivity contribution is 7.16. The minimum Gasteiger partial charge on any atom is -0.414 e. The molecule has 0 bridgehead atoms. The average molecular weight is 570 g/mol. The zero-order chi connectivity index (χ0) is 30.1. The van der Waals surface area contributed by atoms with Gasteiger partial charge in [-0.3, -0.25) is 0 Å². The van der Waals surface area contributed by atoms with Gasteiger partial charge in [0.15, 0.2) is 0 Å². The molecule has 0 spiro atoms. The summed E-state index contributed by atoms with van der Waals surface area (Å²) in [7, 11) is 6.37. The Hall–Kier alpha value is -5.35. The van der Waals surface area contributed by atoms with Gasteiger partial charge in [0.1, 0.15) is 12.4 Å². The number of anilines is 1. The summed E-state index contributed by atoms with van der Waals surface area (Å²) in [4.78, 5) is 2.16. The fourth-order valence-corrected chi connectivity index (χ4v) is 7.29. The van der Waals surface area contributed by atoms with Crippen LogP contribution >= 0.6 is 0 Å². The summed E-state index contributed by atoms with van der Waals surface area (Å²) >= 11 is 0. The second-order valence-corrected chi connectivity index (χ2v) is 11.8. The molecule has 7 rings (SSSR count). The first-order chi connectivity index (χ1) is 21.6. The molecule has 44 heavy (non-hydrogen) atoms. The number of pyridine rings is 1. The summed E-state index contributed by atoms with van der Waals surface area (Å²) in [5.41, 5.74) is 12.5. The van der Waals surface area contributed by atoms with Crippen molar-refractivity contribution < 1.29 is 4.48 Å². The smallest absolute Gasteiger partial charge is 0.377 e. The molecule has 0 aliphatic carbocycles. The van der Waals surface area contributed by atoms with E-state index in [1.165, 1.54) is 55.6 Å². The van der Waals surface area contributed by atoms with E-state index in [-0.39, 0.29) is 0 Å². The summed E-state index contributed by atoms with van der Waals surface area (Å²) in [6.07, 6.45) is 4.99. The Kier molecular flexibility index (Phi) is 7.11. The number of benzene rings is 4. The van der Waals surface area contributed by atoms with Gasteiger partial charge in [0.25, 0.3) is 0 Å². The van der Waals surface area contributed by atoms with Gasteiger partial charge in [-0.1, -0.05) is 144 Å². The zero-order valence-corrected chi connectivity index (χ0v) is 25.5. The van der Waals surface area contributed by atoms with Crippen LogP contribution in [-0.2, 0) is 7.05 Å². The molecule has 0 atom stereocenters. The molecule has 0 saturated carbocycles. The third-order valence-electron chi connectivity index (χ3n) is 9.13. The fraction of sp³-hybridized carbons (Fsp3) is 0.0750. The predicted molar refractivity (Wildman–Crippen MR) is 187 cm³/mol. The Morgan fingerprint density at radius 2 is 0.909 bits per heavy atom. The van der Waals surface area contributed by atoms with Crippen molar-refractivity contribution in [1.29, 1.82) is 0 Å². The topological polar surface area (TPSA) is 12.1 Å². The van der Waals surface area contributed by atoms with Crippen LogP contribution in [0.4, 0.5) is 5.69 Å². The molecule has 0 unspecified atom stereocenters. The third-order valence-corrected chi connectivity index (χ3v) is 9.13. The molecule has 3 heterocycles. The van der Waals surface area contributed by atoms with Gasteiger partial charge in [0.05, 0.1) is 0 Å². The number of aromatic nitrogens is 2. The lowest BCUT2D eigenvalue weighted by Gasteiger charge is -2.38. The molecule has 0 radical (unpaired) electrons. The van der Waals surface area contributed by atoms with Crippen LogP contribution in [-0.4, -0.2) is 24.9 Å². The Balaban J connectivity index is 1.76. The number of aryl methyl sites for hydroxylation is 1. The van der Waals surface area contributed by atoms with Crippen molar-refractivity contribution in [2.75, 3.05) is 19.0 Å². The van der Waals surface area contributed by atoms with E-state index in [1.807, 2.05) is 0 Å². The molecule has 0 amide bonds. The van der Waals surface area contributed by atoms with Crippen LogP contribution in [0.25, 0.3) is 22.1 Å². The van der Waals surface area contributed by atoms with Crippen molar-refractivity contribution in [1.82, 2.24) is 4.57 Å². The minimum atomic E-state index is -1.76. The van der Waals surface area contributed by atoms with Gasteiger partial charge in [0.2, 0.25) is 0 Å². The van der Waals surface area contributed by atoms with E-state index >= 15 is 0 Å². The Labute approximate surface area is 260 Å². The highest BCUT2D eigenvalue weighted by Crippen LogP contribution is 2.54. The third kappa shape index (κ3) is 4.42. The van der Waals surface area contributed by atoms with Gasteiger partial charge in [-0.2, -0.15) is 0 Å². The summed E-state index contributed by atoms with van der Waals surface area (Å²) < 4.78 is 4.81. The Morgan fingerprint density at radius 3 is 1.27 bits per heavy atom. The predicted octanol–water partition coefficient (Wildman–Crippen LogP) is 7.39. The van der Waals surface area contributed by atoms with Crippen LogP contribution in [0.15, 0.2) is 164 Å². The molecule has 4 aromatic carbocycles. The van der Waals surface area contributed by atoms with Crippen LogP contribution in [0.1, 0.15) is 22.3 Å². The molecule has 1 aliphatic heterocycles. The second-order valence-electron chi connectivity index (χ2n) is 11.8. The monoisotopic (exact) mass is 569 g/mol. The summed E-state index contributed by atoms with van der Waals surface area (Å²) in [6, 6.07) is 52.9. The number of allylic oxidation sites excluding steroid dienone is 2. The van der Waals surface area contributed by atoms with E-state index in [9.17, 15) is 0 Å². The van der Waals surface area contributed by atoms with Gasteiger partial charge in [-0.05, 0) is 28.3 Å². The molecule has 4 heteroatoms. The molecule has 1 aliphatic rings. The second kappa shape index (κ2) is 11.4. The van der Waals surface area contributed by atoms with Crippen LogP contribution in [0, 0.1) is 0 Å². The SMILES string of the molecule is CN(C)c1cc[n+]([B-]2(c3cccn3C)C(c3ccccc3)=C(c3ccccc3)C(c3ccccc3)=C2c2ccccc2)cc1. The lowest BCUT2D eigenvalue weighted by Crippen LogP contribution is -2.73. The van der Waals surface area contributed by atoms with Gasteiger partial charge in [0, 0.05) is 45.2 Å². The van der Waals surface area contributed by atoms with E-state index in [2.05, 4.69) is 199 Å². The van der Waals surface area contributed by atoms with Gasteiger partial charge in [-0.15, -0.1) is 10.9 Å². The maximum atomic E-state index is 2.49. The van der Waals surface area contributed by atoms with Crippen molar-refractivity contribution >= 4 is 39.7 Å². The maximum Gasteiger partial charge on any atom is 0.377 e. The quantitative estimate of drug-likeness (QED) is 0.183. The van der Waals surface area contributed by atoms with Crippen LogP contribution < -0.4 is 15.0 Å². The van der Waals surface area contributed by atoms with Crippen LogP contribution in [0.2, 0.25) is 0 Å². The zero-order valence-electron chi connectivity index (χ0n) is 25.5. The molecule has 6 aromatic rings. The lowest BCUT2D eigenvalue weighted by molar-refractivity contribution is -0.538. The van der Waals surface area contributed by atoms with E-state index in [4.69, 9.17) is 0 Å². The normalized spacial score (nSPS) is 14.2. The highest BCUT2D eigenvalue weighted by atomic mass is 15.1. The number of hydrogen-bond acceptors (Lipinski definition) is 1. The van der Waals surface area contributed by atoms with Gasteiger partial charge in [-0.25, -0.2) is 0 Å². The average Bonchev–Trinajstić information content (AvgIpc) is 3.66. The van der Waals surface area contributed by atoms with E-state index < -0.39 is 6.28 Å². The maximum absolute atomic E-state index is 2.49. The molecule has 0 saturated heterocycles. The largest absolute Gasteiger partial charge is 0.414 e. The van der Waals surface area contributed by atoms with E-state index in [1.54, 1.807) is 0 Å². The fourth-order valence-electron chi connectivity index (χ4n) is 7.29. The Bertz CT molecular complexity index is 1860. The molecule has 2 aromatic heterocycles. The standard InChI is InChI=1S/C40H36BN3/c1-42(2)35-26-29-44(30-27-35)41(36-25-16-28-43(36)3)39(33-21-12-6-13-22-33)37(31-17-8-4-9-18-31)38(32-19-10-5-11-20-32)40(41)34-23-14-7-15-24-34/h4-30H,1-3H3. The molecular formula is C40H36BN3. The Morgan fingerprint density at radius 1 is 0.500 bits per heavy atom. The van der Waals surface area contributed by atoms with E-state index in [0.29, 0.717) is 0 Å². The van der Waals surface area contributed by atoms with Gasteiger partial charge < -0.3 is 13.9 Å². The summed E-state index contributed by atoms with van der Waals surface area (Å²) in [5, 5.41) is 0. The first-order valence-corrected chi connectivity index (χ1v) is 15.3. The first-order valence-electron chi connectivity index (χ1n) is 15.3. The number of rotatable bonds is 7. The van der Waals surface area contributed by atoms with E-state index in [0.717, 1.165) is 0 Å². The van der Waals surface area contributed by atoms with Crippen LogP contribution in [0.5, 0.6) is 0 Å². The molecule has 214 valence electrons. The van der Waals surface area contributed by atoms with Gasteiger partial charge >= 0.3 is 6.28 Å². The summed E-state index contributed by atoms with van der Waals surface area (Å²) in [6.45, 7) is 0. The van der Waals surface area contributed by atoms with Crippen LogP contribution in [0.3, 0.4) is 0 Å². The minimum absolute atomic E-state index is 1.17. The molecule has 0 fully saturated rings. The number of nitrogens with zero attached hydrogens (tertiary/aromatic N) is 3. The van der Waals surface area contributed by atoms with Crippen molar-refractivity contribution in [3.05, 3.63) is 186 Å². The lowest BCUT2D eigenvalue weighted by atomic mass is 9.24. The van der Waals surface area contributed by atoms with Crippen molar-refractivity contribution in [3.8, 4) is 0 Å². The molecule has 3 nitrogen and oxygen atoms in total. The highest BCUT2D eigenvalue weighted by Gasteiger charge is 2.54. The summed E-state index contributed by atoms with van der Waals surface area (Å²) in [5.74, 6) is 0. The molecule has 0 N–H and O–H groups in total. The van der Waals surface area contributed by atoms with Crippen molar-refractivity contribution in [2.24, 2.45) is 7.05 Å². The molecular weight excluding hydrogens is 533 g/mol.